The first-order valence-electron chi connectivity index (χ1n) is 7.76. The predicted molar refractivity (Wildman–Crippen MR) is 84.2 cm³/mol. The highest BCUT2D eigenvalue weighted by molar-refractivity contribution is 5.89. The first kappa shape index (κ1) is 14.0. The molecule has 1 fully saturated rings. The summed E-state index contributed by atoms with van der Waals surface area (Å²) < 4.78 is 13.3. The highest BCUT2D eigenvalue weighted by atomic mass is 19.1. The number of nitrogens with one attached hydrogen (secondary N) is 2. The van der Waals surface area contributed by atoms with E-state index in [-0.39, 0.29) is 17.8 Å². The van der Waals surface area contributed by atoms with Gasteiger partial charge in [0.2, 0.25) is 5.91 Å². The number of amides is 1. The van der Waals surface area contributed by atoms with E-state index < -0.39 is 0 Å². The molecule has 0 saturated carbocycles. The molecule has 3 heterocycles. The van der Waals surface area contributed by atoms with E-state index in [0.29, 0.717) is 6.42 Å². The molecule has 0 aliphatic carbocycles. The number of aromatic nitrogens is 3. The summed E-state index contributed by atoms with van der Waals surface area (Å²) >= 11 is 0. The smallest absolute Gasteiger partial charge is 0.227 e. The Morgan fingerprint density at radius 1 is 1.39 bits per heavy atom. The van der Waals surface area contributed by atoms with Gasteiger partial charge in [0.15, 0.2) is 0 Å². The van der Waals surface area contributed by atoms with Gasteiger partial charge in [-0.15, -0.1) is 0 Å². The summed E-state index contributed by atoms with van der Waals surface area (Å²) in [5.74, 6) is 0.639. The molecular formula is C17H17FN4O. The highest BCUT2D eigenvalue weighted by Crippen LogP contribution is 2.31. The fourth-order valence-corrected chi connectivity index (χ4v) is 3.38. The molecule has 6 heteroatoms. The van der Waals surface area contributed by atoms with E-state index in [9.17, 15) is 9.18 Å². The highest BCUT2D eigenvalue weighted by Gasteiger charge is 2.31. The lowest BCUT2D eigenvalue weighted by Crippen LogP contribution is -2.32. The number of rotatable bonds is 3. The zero-order valence-corrected chi connectivity index (χ0v) is 12.6. The van der Waals surface area contributed by atoms with Gasteiger partial charge in [-0.05, 0) is 36.6 Å². The number of aromatic amines is 2. The Kier molecular flexibility index (Phi) is 3.37. The lowest BCUT2D eigenvalue weighted by Gasteiger charge is -2.23. The summed E-state index contributed by atoms with van der Waals surface area (Å²) in [5.41, 5.74) is 1.62. The number of hydrogen-bond acceptors (Lipinski definition) is 2. The van der Waals surface area contributed by atoms with E-state index in [0.717, 1.165) is 41.7 Å². The Labute approximate surface area is 132 Å². The molecule has 1 aromatic carbocycles. The normalized spacial score (nSPS) is 18.0. The molecule has 2 N–H and O–H groups in total. The van der Waals surface area contributed by atoms with Gasteiger partial charge in [-0.1, -0.05) is 0 Å². The van der Waals surface area contributed by atoms with E-state index in [1.54, 1.807) is 24.7 Å². The van der Waals surface area contributed by atoms with Crippen LogP contribution >= 0.6 is 0 Å². The van der Waals surface area contributed by atoms with Gasteiger partial charge in [-0.2, -0.15) is 0 Å². The van der Waals surface area contributed by atoms with Crippen molar-refractivity contribution in [1.29, 1.82) is 0 Å². The lowest BCUT2D eigenvalue weighted by molar-refractivity contribution is -0.131. The van der Waals surface area contributed by atoms with Crippen molar-refractivity contribution in [3.05, 3.63) is 54.0 Å². The molecule has 2 aromatic heterocycles. The van der Waals surface area contributed by atoms with Crippen LogP contribution in [0.25, 0.3) is 10.9 Å². The molecule has 1 aliphatic heterocycles. The van der Waals surface area contributed by atoms with E-state index >= 15 is 0 Å². The molecule has 23 heavy (non-hydrogen) atoms. The second kappa shape index (κ2) is 5.53. The van der Waals surface area contributed by atoms with Crippen molar-refractivity contribution in [2.45, 2.75) is 25.3 Å². The number of carbonyl (C=O) groups is 1. The molecule has 118 valence electrons. The molecule has 1 atom stereocenters. The zero-order valence-electron chi connectivity index (χ0n) is 12.6. The van der Waals surface area contributed by atoms with Gasteiger partial charge in [0.1, 0.15) is 11.6 Å². The first-order valence-corrected chi connectivity index (χ1v) is 7.76. The van der Waals surface area contributed by atoms with Crippen molar-refractivity contribution in [2.24, 2.45) is 0 Å². The predicted octanol–water partition coefficient (Wildman–Crippen LogP) is 2.94. The molecule has 1 saturated heterocycles. The van der Waals surface area contributed by atoms with Crippen LogP contribution in [0.4, 0.5) is 4.39 Å². The fourth-order valence-electron chi connectivity index (χ4n) is 3.38. The molecule has 0 spiro atoms. The van der Waals surface area contributed by atoms with Crippen molar-refractivity contribution in [1.82, 2.24) is 19.9 Å². The zero-order chi connectivity index (χ0) is 15.8. The number of carbonyl (C=O) groups excluding carboxylic acids is 1. The molecule has 3 aromatic rings. The number of nitrogens with zero attached hydrogens (tertiary/aromatic N) is 2. The second-order valence-corrected chi connectivity index (χ2v) is 5.90. The fraction of sp³-hybridized carbons (Fsp3) is 0.294. The van der Waals surface area contributed by atoms with Gasteiger partial charge in [-0.3, -0.25) is 4.79 Å². The van der Waals surface area contributed by atoms with Crippen molar-refractivity contribution >= 4 is 16.8 Å². The topological polar surface area (TPSA) is 64.8 Å². The van der Waals surface area contributed by atoms with Crippen LogP contribution in [0.5, 0.6) is 0 Å². The quantitative estimate of drug-likeness (QED) is 0.781. The maximum atomic E-state index is 13.3. The molecule has 5 nitrogen and oxygen atoms in total. The number of imidazole rings is 1. The van der Waals surface area contributed by atoms with E-state index in [2.05, 4.69) is 15.0 Å². The Bertz CT molecular complexity index is 840. The molecule has 0 unspecified atom stereocenters. The SMILES string of the molecule is O=C(Cc1c[nH]c2cc(F)ccc12)N1CCC[C@H]1c1ncc[nH]1. The average molecular weight is 312 g/mol. The molecule has 0 bridgehead atoms. The van der Waals surface area contributed by atoms with Gasteiger partial charge in [0.25, 0.3) is 0 Å². The third-order valence-corrected chi connectivity index (χ3v) is 4.48. The first-order chi connectivity index (χ1) is 11.2. The van der Waals surface area contributed by atoms with Crippen LogP contribution in [0, 0.1) is 5.82 Å². The number of fused-ring (bicyclic) bond motifs is 1. The van der Waals surface area contributed by atoms with Gasteiger partial charge in [0, 0.05) is 36.0 Å². The Morgan fingerprint density at radius 2 is 2.30 bits per heavy atom. The Morgan fingerprint density at radius 3 is 3.13 bits per heavy atom. The maximum absolute atomic E-state index is 13.3. The second-order valence-electron chi connectivity index (χ2n) is 5.90. The van der Waals surface area contributed by atoms with Crippen LogP contribution in [0.2, 0.25) is 0 Å². The Hall–Kier alpha value is -2.63. The van der Waals surface area contributed by atoms with Crippen LogP contribution in [-0.2, 0) is 11.2 Å². The van der Waals surface area contributed by atoms with Crippen molar-refractivity contribution in [2.75, 3.05) is 6.54 Å². The largest absolute Gasteiger partial charge is 0.361 e. The third-order valence-electron chi connectivity index (χ3n) is 4.48. The number of H-pyrrole nitrogens is 2. The summed E-state index contributed by atoms with van der Waals surface area (Å²) in [5, 5.41) is 0.897. The van der Waals surface area contributed by atoms with Crippen LogP contribution < -0.4 is 0 Å². The summed E-state index contributed by atoms with van der Waals surface area (Å²) in [7, 11) is 0. The van der Waals surface area contributed by atoms with Crippen LogP contribution in [0.1, 0.15) is 30.3 Å². The van der Waals surface area contributed by atoms with Gasteiger partial charge in [0.05, 0.1) is 12.5 Å². The van der Waals surface area contributed by atoms with Crippen LogP contribution in [0.15, 0.2) is 36.8 Å². The minimum Gasteiger partial charge on any atom is -0.361 e. The molecular weight excluding hydrogens is 295 g/mol. The lowest BCUT2D eigenvalue weighted by atomic mass is 10.1. The van der Waals surface area contributed by atoms with E-state index in [1.165, 1.54) is 12.1 Å². The molecule has 1 aliphatic rings. The average Bonchev–Trinajstić information content (AvgIpc) is 3.27. The monoisotopic (exact) mass is 312 g/mol. The molecule has 0 radical (unpaired) electrons. The van der Waals surface area contributed by atoms with Crippen molar-refractivity contribution in [3.63, 3.8) is 0 Å². The summed E-state index contributed by atoms with van der Waals surface area (Å²) in [6.45, 7) is 0.751. The number of hydrogen-bond donors (Lipinski definition) is 2. The van der Waals surface area contributed by atoms with Crippen LogP contribution in [-0.4, -0.2) is 32.3 Å². The van der Waals surface area contributed by atoms with Gasteiger partial charge >= 0.3 is 0 Å². The van der Waals surface area contributed by atoms with Gasteiger partial charge < -0.3 is 14.9 Å². The number of halogens is 1. The van der Waals surface area contributed by atoms with Gasteiger partial charge in [-0.25, -0.2) is 9.37 Å². The summed E-state index contributed by atoms with van der Waals surface area (Å²) in [6.07, 6.45) is 7.51. The molecule has 1 amide bonds. The van der Waals surface area contributed by atoms with Crippen molar-refractivity contribution in [3.8, 4) is 0 Å². The maximum Gasteiger partial charge on any atom is 0.227 e. The van der Waals surface area contributed by atoms with E-state index in [1.807, 2.05) is 4.90 Å². The number of benzene rings is 1. The summed E-state index contributed by atoms with van der Waals surface area (Å²) in [6, 6.07) is 4.62. The summed E-state index contributed by atoms with van der Waals surface area (Å²) in [4.78, 5) is 25.0. The minimum atomic E-state index is -0.283. The molecule has 4 rings (SSSR count). The minimum absolute atomic E-state index is 0.0279. The van der Waals surface area contributed by atoms with Crippen LogP contribution in [0.3, 0.4) is 0 Å². The Balaban J connectivity index is 1.57. The van der Waals surface area contributed by atoms with E-state index in [4.69, 9.17) is 0 Å². The standard InChI is InChI=1S/C17H17FN4O/c18-12-3-4-13-11(10-21-14(13)9-12)8-16(23)22-7-1-2-15(22)17-19-5-6-20-17/h3-6,9-10,15,21H,1-2,7-8H2,(H,19,20)/t15-/m0/s1. The third kappa shape index (κ3) is 2.50. The van der Waals surface area contributed by atoms with Crippen molar-refractivity contribution < 1.29 is 9.18 Å². The number of likely N-dealkylation sites (tertiary alicyclic amines) is 1.